The Kier molecular flexibility index (Phi) is 5.18. The van der Waals surface area contributed by atoms with Crippen LogP contribution >= 0.6 is 0 Å². The maximum absolute atomic E-state index is 13.4. The molecule has 1 aromatic carbocycles. The molecule has 1 atom stereocenters. The molecule has 0 fully saturated rings. The number of hydrogen-bond acceptors (Lipinski definition) is 2. The minimum atomic E-state index is -0.683. The molecule has 0 spiro atoms. The predicted molar refractivity (Wildman–Crippen MR) is 71.7 cm³/mol. The van der Waals surface area contributed by atoms with Gasteiger partial charge in [-0.05, 0) is 24.0 Å². The number of carbonyl (C=O) groups is 1. The molecule has 0 bridgehead atoms. The molecule has 0 aliphatic carbocycles. The van der Waals surface area contributed by atoms with Crippen molar-refractivity contribution in [2.75, 3.05) is 0 Å². The second-order valence-corrected chi connectivity index (χ2v) is 6.14. The van der Waals surface area contributed by atoms with E-state index in [0.717, 1.165) is 12.1 Å². The van der Waals surface area contributed by atoms with Crippen LogP contribution in [0, 0.1) is 17.0 Å². The van der Waals surface area contributed by atoms with E-state index in [4.69, 9.17) is 5.73 Å². The van der Waals surface area contributed by atoms with E-state index >= 15 is 0 Å². The van der Waals surface area contributed by atoms with E-state index in [0.29, 0.717) is 6.42 Å². The van der Waals surface area contributed by atoms with Crippen LogP contribution in [0.2, 0.25) is 0 Å². The fourth-order valence-corrected chi connectivity index (χ4v) is 2.12. The van der Waals surface area contributed by atoms with Crippen molar-refractivity contribution in [2.45, 2.75) is 46.1 Å². The number of carbonyl (C=O) groups excluding carboxylic acids is 1. The van der Waals surface area contributed by atoms with E-state index in [1.807, 2.05) is 20.8 Å². The summed E-state index contributed by atoms with van der Waals surface area (Å²) in [6.07, 6.45) is 0.597. The first-order chi connectivity index (χ1) is 8.69. The Labute approximate surface area is 113 Å². The van der Waals surface area contributed by atoms with Gasteiger partial charge in [0.25, 0.3) is 0 Å². The molecular weight excluding hydrogens is 248 g/mol. The molecule has 1 unspecified atom stereocenters. The number of ketones is 1. The molecular formula is C15H21F2NO. The van der Waals surface area contributed by atoms with Crippen molar-refractivity contribution in [1.82, 2.24) is 0 Å². The summed E-state index contributed by atoms with van der Waals surface area (Å²) >= 11 is 0. The highest BCUT2D eigenvalue weighted by Gasteiger charge is 2.19. The van der Waals surface area contributed by atoms with Crippen LogP contribution in [0.15, 0.2) is 18.2 Å². The Hall–Kier alpha value is -1.29. The van der Waals surface area contributed by atoms with Gasteiger partial charge in [-0.25, -0.2) is 8.78 Å². The van der Waals surface area contributed by atoms with Crippen LogP contribution in [0.1, 0.15) is 39.2 Å². The van der Waals surface area contributed by atoms with Gasteiger partial charge in [-0.1, -0.05) is 26.8 Å². The van der Waals surface area contributed by atoms with Crippen molar-refractivity contribution in [3.63, 3.8) is 0 Å². The smallest absolute Gasteiger partial charge is 0.139 e. The van der Waals surface area contributed by atoms with Crippen molar-refractivity contribution in [2.24, 2.45) is 11.1 Å². The maximum Gasteiger partial charge on any atom is 0.139 e. The first kappa shape index (κ1) is 15.8. The fourth-order valence-electron chi connectivity index (χ4n) is 2.12. The number of hydrogen-bond donors (Lipinski definition) is 1. The van der Waals surface area contributed by atoms with Crippen molar-refractivity contribution in [3.8, 4) is 0 Å². The Morgan fingerprint density at radius 2 is 1.79 bits per heavy atom. The molecule has 0 saturated heterocycles. The van der Waals surface area contributed by atoms with Crippen molar-refractivity contribution < 1.29 is 13.6 Å². The molecule has 0 radical (unpaired) electrons. The lowest BCUT2D eigenvalue weighted by atomic mass is 9.86. The molecule has 106 valence electrons. The van der Waals surface area contributed by atoms with Crippen LogP contribution in [-0.4, -0.2) is 11.8 Å². The molecule has 0 amide bonds. The summed E-state index contributed by atoms with van der Waals surface area (Å²) in [5, 5.41) is 0. The van der Waals surface area contributed by atoms with E-state index in [9.17, 15) is 13.6 Å². The average Bonchev–Trinajstić information content (AvgIpc) is 2.20. The zero-order chi connectivity index (χ0) is 14.6. The minimum Gasteiger partial charge on any atom is -0.327 e. The Morgan fingerprint density at radius 1 is 1.26 bits per heavy atom. The summed E-state index contributed by atoms with van der Waals surface area (Å²) in [6.45, 7) is 6.11. The number of Topliss-reactive ketones (excluding diaryl/α,β-unsaturated/α-hetero) is 1. The summed E-state index contributed by atoms with van der Waals surface area (Å²) < 4.78 is 26.8. The lowest BCUT2D eigenvalue weighted by Gasteiger charge is -2.22. The average molecular weight is 269 g/mol. The minimum absolute atomic E-state index is 0.0307. The number of nitrogens with two attached hydrogens (primary N) is 1. The van der Waals surface area contributed by atoms with Crippen LogP contribution in [0.3, 0.4) is 0 Å². The lowest BCUT2D eigenvalue weighted by molar-refractivity contribution is -0.118. The van der Waals surface area contributed by atoms with Crippen LogP contribution in [-0.2, 0) is 11.2 Å². The van der Waals surface area contributed by atoms with Crippen molar-refractivity contribution in [3.05, 3.63) is 35.4 Å². The molecule has 19 heavy (non-hydrogen) atoms. The lowest BCUT2D eigenvalue weighted by Crippen LogP contribution is -2.29. The summed E-state index contributed by atoms with van der Waals surface area (Å²) in [5.41, 5.74) is 5.74. The molecule has 0 saturated carbocycles. The van der Waals surface area contributed by atoms with Crippen molar-refractivity contribution in [1.29, 1.82) is 0 Å². The van der Waals surface area contributed by atoms with Gasteiger partial charge in [0, 0.05) is 24.4 Å². The highest BCUT2D eigenvalue weighted by Crippen LogP contribution is 2.22. The molecule has 4 heteroatoms. The van der Waals surface area contributed by atoms with E-state index < -0.39 is 11.6 Å². The second-order valence-electron chi connectivity index (χ2n) is 6.14. The third kappa shape index (κ3) is 5.47. The van der Waals surface area contributed by atoms with Gasteiger partial charge < -0.3 is 5.73 Å². The summed E-state index contributed by atoms with van der Waals surface area (Å²) in [4.78, 5) is 11.8. The Bertz CT molecular complexity index is 432. The van der Waals surface area contributed by atoms with Crippen LogP contribution in [0.25, 0.3) is 0 Å². The first-order valence-electron chi connectivity index (χ1n) is 6.39. The van der Waals surface area contributed by atoms with Gasteiger partial charge in [-0.3, -0.25) is 4.79 Å². The zero-order valence-electron chi connectivity index (χ0n) is 11.7. The molecule has 2 N–H and O–H groups in total. The van der Waals surface area contributed by atoms with Crippen LogP contribution < -0.4 is 5.73 Å². The first-order valence-corrected chi connectivity index (χ1v) is 6.39. The summed E-state index contributed by atoms with van der Waals surface area (Å²) in [5.74, 6) is -1.60. The highest BCUT2D eigenvalue weighted by molar-refractivity contribution is 5.81. The Balaban J connectivity index is 2.61. The van der Waals surface area contributed by atoms with Gasteiger partial charge >= 0.3 is 0 Å². The van der Waals surface area contributed by atoms with E-state index in [-0.39, 0.29) is 35.6 Å². The standard InChI is InChI=1S/C15H21F2NO/c1-15(2,3)9-10(18)7-11(19)8-12-13(16)5-4-6-14(12)17/h4-6,10H,7-9,18H2,1-3H3. The van der Waals surface area contributed by atoms with E-state index in [1.165, 1.54) is 6.07 Å². The third-order valence-corrected chi connectivity index (χ3v) is 2.80. The largest absolute Gasteiger partial charge is 0.327 e. The fraction of sp³-hybridized carbons (Fsp3) is 0.533. The van der Waals surface area contributed by atoms with Gasteiger partial charge in [0.05, 0.1) is 0 Å². The Morgan fingerprint density at radius 3 is 2.26 bits per heavy atom. The molecule has 1 rings (SSSR count). The summed E-state index contributed by atoms with van der Waals surface area (Å²) in [6, 6.07) is 3.31. The SMILES string of the molecule is CC(C)(C)CC(N)CC(=O)Cc1c(F)cccc1F. The zero-order valence-corrected chi connectivity index (χ0v) is 11.7. The number of rotatable bonds is 5. The number of benzene rings is 1. The molecule has 0 aromatic heterocycles. The molecule has 2 nitrogen and oxygen atoms in total. The van der Waals surface area contributed by atoms with Gasteiger partial charge in [-0.15, -0.1) is 0 Å². The predicted octanol–water partition coefficient (Wildman–Crippen LogP) is 3.23. The third-order valence-electron chi connectivity index (χ3n) is 2.80. The highest BCUT2D eigenvalue weighted by atomic mass is 19.1. The monoisotopic (exact) mass is 269 g/mol. The topological polar surface area (TPSA) is 43.1 Å². The number of halogens is 2. The summed E-state index contributed by atoms with van der Waals surface area (Å²) in [7, 11) is 0. The molecule has 0 aliphatic heterocycles. The van der Waals surface area contributed by atoms with Crippen LogP contribution in [0.5, 0.6) is 0 Å². The van der Waals surface area contributed by atoms with Gasteiger partial charge in [0.1, 0.15) is 17.4 Å². The van der Waals surface area contributed by atoms with E-state index in [2.05, 4.69) is 0 Å². The normalized spacial score (nSPS) is 13.4. The van der Waals surface area contributed by atoms with Gasteiger partial charge in [0.2, 0.25) is 0 Å². The quantitative estimate of drug-likeness (QED) is 0.891. The van der Waals surface area contributed by atoms with E-state index in [1.54, 1.807) is 0 Å². The van der Waals surface area contributed by atoms with Crippen LogP contribution in [0.4, 0.5) is 8.78 Å². The van der Waals surface area contributed by atoms with Gasteiger partial charge in [-0.2, -0.15) is 0 Å². The molecule has 1 aromatic rings. The molecule has 0 aliphatic rings. The molecule has 0 heterocycles. The second kappa shape index (κ2) is 6.24. The van der Waals surface area contributed by atoms with Gasteiger partial charge in [0.15, 0.2) is 0 Å². The van der Waals surface area contributed by atoms with Crippen molar-refractivity contribution >= 4 is 5.78 Å². The maximum atomic E-state index is 13.4.